The Balaban J connectivity index is 2.24. The molecule has 1 aromatic carbocycles. The number of hydrogen-bond donors (Lipinski definition) is 1. The molecule has 20 heavy (non-hydrogen) atoms. The standard InChI is InChI=1S/C15H22FNO2S/c1-10-5-4-6-14(11(10)2)17-15-9-12(20(3,18)19)7-8-13(15)16/h7-11,14,17H,4-6H2,1-3H3. The van der Waals surface area contributed by atoms with Crippen LogP contribution in [0.15, 0.2) is 23.1 Å². The molecule has 3 unspecified atom stereocenters. The Hall–Kier alpha value is -1.10. The van der Waals surface area contributed by atoms with Crippen LogP contribution in [-0.4, -0.2) is 20.7 Å². The van der Waals surface area contributed by atoms with E-state index in [2.05, 4.69) is 19.2 Å². The van der Waals surface area contributed by atoms with Crippen LogP contribution in [0.5, 0.6) is 0 Å². The topological polar surface area (TPSA) is 46.2 Å². The fourth-order valence-corrected chi connectivity index (χ4v) is 3.48. The summed E-state index contributed by atoms with van der Waals surface area (Å²) in [5.41, 5.74) is 0.291. The lowest BCUT2D eigenvalue weighted by atomic mass is 9.78. The largest absolute Gasteiger partial charge is 0.380 e. The Kier molecular flexibility index (Phi) is 4.37. The predicted molar refractivity (Wildman–Crippen MR) is 79.1 cm³/mol. The monoisotopic (exact) mass is 299 g/mol. The summed E-state index contributed by atoms with van der Waals surface area (Å²) in [5.74, 6) is 0.648. The molecule has 0 saturated heterocycles. The molecule has 112 valence electrons. The molecule has 1 aliphatic rings. The van der Waals surface area contributed by atoms with Gasteiger partial charge in [0.15, 0.2) is 9.84 Å². The van der Waals surface area contributed by atoms with Gasteiger partial charge in [0.2, 0.25) is 0 Å². The fourth-order valence-electron chi connectivity index (χ4n) is 2.83. The highest BCUT2D eigenvalue weighted by molar-refractivity contribution is 7.90. The maximum atomic E-state index is 13.9. The average molecular weight is 299 g/mol. The number of nitrogens with one attached hydrogen (secondary N) is 1. The zero-order valence-corrected chi connectivity index (χ0v) is 13.0. The number of hydrogen-bond acceptors (Lipinski definition) is 3. The first-order valence-corrected chi connectivity index (χ1v) is 8.94. The third-order valence-electron chi connectivity index (χ3n) is 4.41. The Labute approximate surface area is 120 Å². The number of rotatable bonds is 3. The van der Waals surface area contributed by atoms with Gasteiger partial charge in [-0.15, -0.1) is 0 Å². The third kappa shape index (κ3) is 3.32. The van der Waals surface area contributed by atoms with E-state index in [1.54, 1.807) is 0 Å². The van der Waals surface area contributed by atoms with E-state index in [-0.39, 0.29) is 10.9 Å². The summed E-state index contributed by atoms with van der Waals surface area (Å²) in [6, 6.07) is 4.12. The highest BCUT2D eigenvalue weighted by Gasteiger charge is 2.27. The van der Waals surface area contributed by atoms with E-state index in [1.807, 2.05) is 0 Å². The average Bonchev–Trinajstić information content (AvgIpc) is 2.36. The molecule has 2 rings (SSSR count). The van der Waals surface area contributed by atoms with Crippen molar-refractivity contribution in [2.75, 3.05) is 11.6 Å². The Morgan fingerprint density at radius 1 is 1.25 bits per heavy atom. The van der Waals surface area contributed by atoms with Crippen LogP contribution in [0.1, 0.15) is 33.1 Å². The summed E-state index contributed by atoms with van der Waals surface area (Å²) in [5, 5.41) is 3.20. The highest BCUT2D eigenvalue weighted by Crippen LogP contribution is 2.32. The van der Waals surface area contributed by atoms with Crippen molar-refractivity contribution in [3.05, 3.63) is 24.0 Å². The van der Waals surface area contributed by atoms with Crippen molar-refractivity contribution >= 4 is 15.5 Å². The van der Waals surface area contributed by atoms with Crippen LogP contribution in [0.3, 0.4) is 0 Å². The summed E-state index contributed by atoms with van der Waals surface area (Å²) in [6.45, 7) is 4.38. The molecule has 3 atom stereocenters. The summed E-state index contributed by atoms with van der Waals surface area (Å²) in [6.07, 6.45) is 4.45. The van der Waals surface area contributed by atoms with Crippen LogP contribution in [0.25, 0.3) is 0 Å². The van der Waals surface area contributed by atoms with Gasteiger partial charge in [-0.05, 0) is 36.5 Å². The van der Waals surface area contributed by atoms with Gasteiger partial charge < -0.3 is 5.32 Å². The molecular formula is C15H22FNO2S. The van der Waals surface area contributed by atoms with Gasteiger partial charge in [-0.3, -0.25) is 0 Å². The predicted octanol–water partition coefficient (Wildman–Crippen LogP) is 3.47. The second-order valence-electron chi connectivity index (χ2n) is 5.93. The zero-order chi connectivity index (χ0) is 14.9. The summed E-state index contributed by atoms with van der Waals surface area (Å²) >= 11 is 0. The molecule has 0 aliphatic heterocycles. The van der Waals surface area contributed by atoms with Crippen molar-refractivity contribution < 1.29 is 12.8 Å². The van der Waals surface area contributed by atoms with Gasteiger partial charge in [0.05, 0.1) is 10.6 Å². The van der Waals surface area contributed by atoms with Crippen molar-refractivity contribution in [3.63, 3.8) is 0 Å². The molecular weight excluding hydrogens is 277 g/mol. The van der Waals surface area contributed by atoms with Gasteiger partial charge in [0, 0.05) is 12.3 Å². The van der Waals surface area contributed by atoms with Gasteiger partial charge >= 0.3 is 0 Å². The van der Waals surface area contributed by atoms with Crippen LogP contribution in [0.4, 0.5) is 10.1 Å². The Bertz CT molecular complexity index is 586. The van der Waals surface area contributed by atoms with E-state index in [4.69, 9.17) is 0 Å². The maximum absolute atomic E-state index is 13.9. The minimum absolute atomic E-state index is 0.151. The molecule has 1 saturated carbocycles. The normalized spacial score (nSPS) is 27.3. The molecule has 1 fully saturated rings. The quantitative estimate of drug-likeness (QED) is 0.869. The van der Waals surface area contributed by atoms with Crippen molar-refractivity contribution in [2.24, 2.45) is 11.8 Å². The van der Waals surface area contributed by atoms with Gasteiger partial charge in [-0.2, -0.15) is 0 Å². The molecule has 0 spiro atoms. The number of halogens is 1. The second-order valence-corrected chi connectivity index (χ2v) is 7.95. The van der Waals surface area contributed by atoms with Crippen LogP contribution in [0.2, 0.25) is 0 Å². The van der Waals surface area contributed by atoms with Crippen LogP contribution < -0.4 is 5.32 Å². The molecule has 1 aromatic rings. The molecule has 1 N–H and O–H groups in total. The first kappa shape index (κ1) is 15.3. The first-order valence-electron chi connectivity index (χ1n) is 7.05. The van der Waals surface area contributed by atoms with Gasteiger partial charge in [0.25, 0.3) is 0 Å². The number of sulfone groups is 1. The van der Waals surface area contributed by atoms with Gasteiger partial charge in [-0.25, -0.2) is 12.8 Å². The van der Waals surface area contributed by atoms with Gasteiger partial charge in [-0.1, -0.05) is 26.7 Å². The van der Waals surface area contributed by atoms with Crippen LogP contribution >= 0.6 is 0 Å². The van der Waals surface area contributed by atoms with Crippen molar-refractivity contribution in [1.82, 2.24) is 0 Å². The fraction of sp³-hybridized carbons (Fsp3) is 0.600. The molecule has 0 radical (unpaired) electrons. The lowest BCUT2D eigenvalue weighted by molar-refractivity contribution is 0.253. The molecule has 0 amide bonds. The third-order valence-corrected chi connectivity index (χ3v) is 5.52. The molecule has 0 bridgehead atoms. The number of anilines is 1. The van der Waals surface area contributed by atoms with Crippen molar-refractivity contribution in [1.29, 1.82) is 0 Å². The lowest BCUT2D eigenvalue weighted by Crippen LogP contribution is -2.35. The SMILES string of the molecule is CC1CCCC(Nc2cc(S(C)(=O)=O)ccc2F)C1C. The van der Waals surface area contributed by atoms with E-state index in [0.29, 0.717) is 17.5 Å². The molecule has 3 nitrogen and oxygen atoms in total. The first-order chi connectivity index (χ1) is 9.29. The molecule has 5 heteroatoms. The van der Waals surface area contributed by atoms with E-state index in [0.717, 1.165) is 19.1 Å². The van der Waals surface area contributed by atoms with E-state index in [1.165, 1.54) is 24.6 Å². The maximum Gasteiger partial charge on any atom is 0.175 e. The van der Waals surface area contributed by atoms with E-state index < -0.39 is 15.7 Å². The minimum atomic E-state index is -3.31. The summed E-state index contributed by atoms with van der Waals surface area (Å²) < 4.78 is 37.0. The molecule has 1 aliphatic carbocycles. The van der Waals surface area contributed by atoms with Crippen molar-refractivity contribution in [3.8, 4) is 0 Å². The number of benzene rings is 1. The molecule has 0 aromatic heterocycles. The Morgan fingerprint density at radius 3 is 2.60 bits per heavy atom. The van der Waals surface area contributed by atoms with Crippen LogP contribution in [-0.2, 0) is 9.84 Å². The van der Waals surface area contributed by atoms with Gasteiger partial charge in [0.1, 0.15) is 5.82 Å². The second kappa shape index (κ2) is 5.72. The van der Waals surface area contributed by atoms with Crippen molar-refractivity contribution in [2.45, 2.75) is 44.0 Å². The van der Waals surface area contributed by atoms with E-state index >= 15 is 0 Å². The van der Waals surface area contributed by atoms with Crippen LogP contribution in [0, 0.1) is 17.7 Å². The Morgan fingerprint density at radius 2 is 1.95 bits per heavy atom. The lowest BCUT2D eigenvalue weighted by Gasteiger charge is -2.35. The highest BCUT2D eigenvalue weighted by atomic mass is 32.2. The van der Waals surface area contributed by atoms with E-state index in [9.17, 15) is 12.8 Å². The summed E-state index contributed by atoms with van der Waals surface area (Å²) in [4.78, 5) is 0.151. The smallest absolute Gasteiger partial charge is 0.175 e. The summed E-state index contributed by atoms with van der Waals surface area (Å²) in [7, 11) is -3.31. The zero-order valence-electron chi connectivity index (χ0n) is 12.2. The minimum Gasteiger partial charge on any atom is -0.380 e. The molecule has 0 heterocycles.